The van der Waals surface area contributed by atoms with Crippen molar-refractivity contribution in [2.75, 3.05) is 19.7 Å². The number of hydrogen-bond acceptors (Lipinski definition) is 3. The monoisotopic (exact) mass is 185 g/mol. The maximum atomic E-state index is 10.8. The Morgan fingerprint density at radius 2 is 2.23 bits per heavy atom. The molecule has 0 bridgehead atoms. The molecule has 0 spiro atoms. The molecule has 1 saturated heterocycles. The van der Waals surface area contributed by atoms with Gasteiger partial charge in [-0.25, -0.2) is 0 Å². The van der Waals surface area contributed by atoms with E-state index in [2.05, 4.69) is 18.7 Å². The summed E-state index contributed by atoms with van der Waals surface area (Å²) >= 11 is 0. The van der Waals surface area contributed by atoms with Gasteiger partial charge in [-0.05, 0) is 20.8 Å². The zero-order valence-electron chi connectivity index (χ0n) is 8.75. The van der Waals surface area contributed by atoms with Crippen LogP contribution in [-0.4, -0.2) is 42.5 Å². The summed E-state index contributed by atoms with van der Waals surface area (Å²) in [5, 5.41) is 0. The minimum Gasteiger partial charge on any atom is -0.376 e. The summed E-state index contributed by atoms with van der Waals surface area (Å²) in [4.78, 5) is 13.1. The molecule has 1 aliphatic heterocycles. The number of carbonyl (C=O) groups is 1. The van der Waals surface area contributed by atoms with Gasteiger partial charge in [0.2, 0.25) is 0 Å². The molecular weight excluding hydrogens is 166 g/mol. The quantitative estimate of drug-likeness (QED) is 0.659. The zero-order chi connectivity index (χ0) is 9.84. The van der Waals surface area contributed by atoms with Crippen molar-refractivity contribution in [2.24, 2.45) is 0 Å². The summed E-state index contributed by atoms with van der Waals surface area (Å²) in [5.74, 6) is 0.270. The summed E-state index contributed by atoms with van der Waals surface area (Å²) in [5.41, 5.74) is 0. The minimum absolute atomic E-state index is 0.270. The first-order valence-electron chi connectivity index (χ1n) is 4.96. The lowest BCUT2D eigenvalue weighted by atomic mass is 10.1. The van der Waals surface area contributed by atoms with E-state index >= 15 is 0 Å². The third kappa shape index (κ3) is 3.08. The van der Waals surface area contributed by atoms with Crippen molar-refractivity contribution in [1.29, 1.82) is 0 Å². The van der Waals surface area contributed by atoms with Crippen LogP contribution in [0.4, 0.5) is 0 Å². The average Bonchev–Trinajstić information content (AvgIpc) is 2.07. The van der Waals surface area contributed by atoms with Crippen molar-refractivity contribution in [3.8, 4) is 0 Å². The predicted molar refractivity (Wildman–Crippen MR) is 51.7 cm³/mol. The van der Waals surface area contributed by atoms with E-state index in [0.29, 0.717) is 18.6 Å². The lowest BCUT2D eigenvalue weighted by Gasteiger charge is -2.37. The van der Waals surface area contributed by atoms with Crippen molar-refractivity contribution < 1.29 is 9.53 Å². The molecule has 1 heterocycles. The second kappa shape index (κ2) is 4.72. The molecule has 1 aliphatic rings. The average molecular weight is 185 g/mol. The summed E-state index contributed by atoms with van der Waals surface area (Å²) in [6.07, 6.45) is 0.956. The zero-order valence-corrected chi connectivity index (χ0v) is 8.75. The van der Waals surface area contributed by atoms with Crippen LogP contribution < -0.4 is 0 Å². The first-order valence-corrected chi connectivity index (χ1v) is 4.96. The van der Waals surface area contributed by atoms with Gasteiger partial charge in [0.05, 0.1) is 12.7 Å². The molecule has 0 aliphatic carbocycles. The van der Waals surface area contributed by atoms with Crippen molar-refractivity contribution in [3.63, 3.8) is 0 Å². The van der Waals surface area contributed by atoms with Crippen LogP contribution in [0.15, 0.2) is 0 Å². The Balaban J connectivity index is 2.35. The molecule has 0 aromatic rings. The van der Waals surface area contributed by atoms with Gasteiger partial charge >= 0.3 is 0 Å². The van der Waals surface area contributed by atoms with Crippen LogP contribution in [0.5, 0.6) is 0 Å². The Bertz CT molecular complexity index is 182. The molecule has 1 fully saturated rings. The minimum atomic E-state index is 0.270. The van der Waals surface area contributed by atoms with Crippen LogP contribution in [-0.2, 0) is 9.53 Å². The summed E-state index contributed by atoms with van der Waals surface area (Å²) in [6.45, 7) is 8.52. The Morgan fingerprint density at radius 1 is 1.54 bits per heavy atom. The molecule has 76 valence electrons. The van der Waals surface area contributed by atoms with E-state index in [0.717, 1.165) is 19.7 Å². The van der Waals surface area contributed by atoms with Gasteiger partial charge in [-0.3, -0.25) is 9.69 Å². The number of rotatable bonds is 3. The number of ether oxygens (including phenoxy) is 1. The molecule has 0 N–H and O–H groups in total. The summed E-state index contributed by atoms with van der Waals surface area (Å²) in [6, 6.07) is 0.438. The van der Waals surface area contributed by atoms with Gasteiger partial charge in [0.1, 0.15) is 5.78 Å². The molecule has 1 rings (SSSR count). The van der Waals surface area contributed by atoms with Crippen molar-refractivity contribution in [2.45, 2.75) is 39.3 Å². The fourth-order valence-electron chi connectivity index (χ4n) is 1.61. The van der Waals surface area contributed by atoms with Crippen LogP contribution in [0.3, 0.4) is 0 Å². The molecule has 0 saturated carbocycles. The van der Waals surface area contributed by atoms with Gasteiger partial charge in [-0.2, -0.15) is 0 Å². The van der Waals surface area contributed by atoms with Crippen LogP contribution >= 0.6 is 0 Å². The van der Waals surface area contributed by atoms with Gasteiger partial charge in [-0.1, -0.05) is 0 Å². The number of hydrogen-bond donors (Lipinski definition) is 0. The predicted octanol–water partition coefficient (Wildman–Crippen LogP) is 1.07. The van der Waals surface area contributed by atoms with E-state index < -0.39 is 0 Å². The third-order valence-corrected chi connectivity index (χ3v) is 2.77. The molecule has 2 atom stereocenters. The highest BCUT2D eigenvalue weighted by Crippen LogP contribution is 2.13. The Kier molecular flexibility index (Phi) is 3.88. The van der Waals surface area contributed by atoms with E-state index in [1.54, 1.807) is 6.92 Å². The molecule has 0 amide bonds. The van der Waals surface area contributed by atoms with Gasteiger partial charge in [-0.15, -0.1) is 0 Å². The first-order chi connectivity index (χ1) is 6.11. The number of Topliss-reactive ketones (excluding diaryl/α,β-unsaturated/α-hetero) is 1. The highest BCUT2D eigenvalue weighted by atomic mass is 16.5. The largest absolute Gasteiger partial charge is 0.376 e. The van der Waals surface area contributed by atoms with Crippen molar-refractivity contribution in [3.05, 3.63) is 0 Å². The lowest BCUT2D eigenvalue weighted by molar-refractivity contribution is -0.118. The van der Waals surface area contributed by atoms with Gasteiger partial charge in [0.25, 0.3) is 0 Å². The second-order valence-electron chi connectivity index (χ2n) is 3.80. The van der Waals surface area contributed by atoms with Gasteiger partial charge in [0.15, 0.2) is 0 Å². The molecule has 13 heavy (non-hydrogen) atoms. The van der Waals surface area contributed by atoms with Gasteiger partial charge < -0.3 is 4.74 Å². The highest BCUT2D eigenvalue weighted by molar-refractivity contribution is 5.75. The molecule has 3 nitrogen and oxygen atoms in total. The topological polar surface area (TPSA) is 29.5 Å². The lowest BCUT2D eigenvalue weighted by Crippen LogP contribution is -2.48. The molecule has 0 aromatic heterocycles. The summed E-state index contributed by atoms with van der Waals surface area (Å²) in [7, 11) is 0. The fourth-order valence-corrected chi connectivity index (χ4v) is 1.61. The standard InChI is InChI=1S/C10H19NO2/c1-8(12)4-5-11-6-7-13-10(3)9(11)2/h9-10H,4-7H2,1-3H3. The van der Waals surface area contributed by atoms with E-state index in [1.165, 1.54) is 0 Å². The second-order valence-corrected chi connectivity index (χ2v) is 3.80. The molecule has 2 unspecified atom stereocenters. The van der Waals surface area contributed by atoms with E-state index in [1.807, 2.05) is 0 Å². The number of carbonyl (C=O) groups excluding carboxylic acids is 1. The number of ketones is 1. The maximum absolute atomic E-state index is 10.8. The molecular formula is C10H19NO2. The first kappa shape index (κ1) is 10.7. The molecule has 0 radical (unpaired) electrons. The Labute approximate surface area is 80.1 Å². The van der Waals surface area contributed by atoms with Crippen molar-refractivity contribution in [1.82, 2.24) is 4.90 Å². The SMILES string of the molecule is CC(=O)CCN1CCOC(C)C1C. The highest BCUT2D eigenvalue weighted by Gasteiger charge is 2.24. The van der Waals surface area contributed by atoms with E-state index in [9.17, 15) is 4.79 Å². The van der Waals surface area contributed by atoms with Crippen LogP contribution in [0.1, 0.15) is 27.2 Å². The maximum Gasteiger partial charge on any atom is 0.131 e. The molecule has 3 heteroatoms. The van der Waals surface area contributed by atoms with Gasteiger partial charge in [0, 0.05) is 25.6 Å². The third-order valence-electron chi connectivity index (χ3n) is 2.77. The van der Waals surface area contributed by atoms with Crippen LogP contribution in [0.2, 0.25) is 0 Å². The normalized spacial score (nSPS) is 30.4. The molecule has 0 aromatic carbocycles. The summed E-state index contributed by atoms with van der Waals surface area (Å²) < 4.78 is 5.50. The number of morpholine rings is 1. The van der Waals surface area contributed by atoms with E-state index in [-0.39, 0.29) is 5.78 Å². The van der Waals surface area contributed by atoms with E-state index in [4.69, 9.17) is 4.74 Å². The van der Waals surface area contributed by atoms with Crippen LogP contribution in [0, 0.1) is 0 Å². The number of nitrogens with zero attached hydrogens (tertiary/aromatic N) is 1. The fraction of sp³-hybridized carbons (Fsp3) is 0.900. The Hall–Kier alpha value is -0.410. The smallest absolute Gasteiger partial charge is 0.131 e. The Morgan fingerprint density at radius 3 is 2.85 bits per heavy atom. The van der Waals surface area contributed by atoms with Crippen LogP contribution in [0.25, 0.3) is 0 Å². The van der Waals surface area contributed by atoms with Crippen molar-refractivity contribution >= 4 is 5.78 Å².